The molecule has 1 saturated carbocycles. The van der Waals surface area contributed by atoms with Crippen molar-refractivity contribution >= 4 is 11.6 Å². The Morgan fingerprint density at radius 3 is 2.52 bits per heavy atom. The molecule has 3 N–H and O–H groups in total. The maximum Gasteiger partial charge on any atom is 0.244 e. The van der Waals surface area contributed by atoms with E-state index < -0.39 is 5.54 Å². The molecule has 0 bridgehead atoms. The van der Waals surface area contributed by atoms with Gasteiger partial charge in [-0.2, -0.15) is 0 Å². The monoisotopic (exact) mass is 314 g/mol. The van der Waals surface area contributed by atoms with E-state index in [4.69, 9.17) is 10.5 Å². The number of aromatic nitrogens is 2. The van der Waals surface area contributed by atoms with Gasteiger partial charge >= 0.3 is 0 Å². The Labute approximate surface area is 135 Å². The number of hydrogen-bond donors (Lipinski definition) is 2. The Balaban J connectivity index is 1.69. The van der Waals surface area contributed by atoms with Gasteiger partial charge in [0.2, 0.25) is 5.91 Å². The lowest BCUT2D eigenvalue weighted by molar-refractivity contribution is -0.130. The Morgan fingerprint density at radius 2 is 2.00 bits per heavy atom. The van der Waals surface area contributed by atoms with Gasteiger partial charge in [0.25, 0.3) is 0 Å². The van der Waals surface area contributed by atoms with Gasteiger partial charge in [-0.05, 0) is 38.1 Å². The zero-order valence-electron chi connectivity index (χ0n) is 13.7. The van der Waals surface area contributed by atoms with Crippen LogP contribution in [0.25, 0.3) is 5.69 Å². The number of rotatable bonds is 4. The van der Waals surface area contributed by atoms with Crippen molar-refractivity contribution in [2.75, 3.05) is 12.4 Å². The van der Waals surface area contributed by atoms with E-state index in [0.29, 0.717) is 12.8 Å². The molecule has 122 valence electrons. The summed E-state index contributed by atoms with van der Waals surface area (Å²) in [6.07, 6.45) is 2.99. The van der Waals surface area contributed by atoms with E-state index in [1.165, 1.54) is 0 Å². The molecule has 0 radical (unpaired) electrons. The number of carbonyl (C=O) groups is 1. The van der Waals surface area contributed by atoms with Crippen molar-refractivity contribution in [3.8, 4) is 5.69 Å². The number of nitrogens with two attached hydrogens (primary N) is 1. The summed E-state index contributed by atoms with van der Waals surface area (Å²) in [6.45, 7) is 4.01. The first-order valence-electron chi connectivity index (χ1n) is 7.67. The van der Waals surface area contributed by atoms with E-state index in [2.05, 4.69) is 10.3 Å². The Bertz CT molecular complexity index is 715. The minimum atomic E-state index is -0.822. The second-order valence-corrected chi connectivity index (χ2v) is 6.21. The van der Waals surface area contributed by atoms with Crippen LogP contribution in [0, 0.1) is 13.8 Å². The first-order valence-corrected chi connectivity index (χ1v) is 7.67. The largest absolute Gasteiger partial charge is 0.381 e. The summed E-state index contributed by atoms with van der Waals surface area (Å²) >= 11 is 0. The summed E-state index contributed by atoms with van der Waals surface area (Å²) in [5.74, 6) is -0.159. The van der Waals surface area contributed by atoms with Gasteiger partial charge < -0.3 is 20.4 Å². The zero-order chi connectivity index (χ0) is 16.6. The molecular weight excluding hydrogens is 292 g/mol. The number of nitrogens with zero attached hydrogens (tertiary/aromatic N) is 2. The average Bonchev–Trinajstić information content (AvgIpc) is 2.84. The van der Waals surface area contributed by atoms with Crippen molar-refractivity contribution in [3.63, 3.8) is 0 Å². The number of amides is 1. The average molecular weight is 314 g/mol. The number of ether oxygens (including phenoxy) is 1. The fraction of sp³-hybridized carbons (Fsp3) is 0.412. The van der Waals surface area contributed by atoms with Gasteiger partial charge in [-0.1, -0.05) is 0 Å². The molecule has 1 amide bonds. The van der Waals surface area contributed by atoms with Crippen LogP contribution in [-0.2, 0) is 9.53 Å². The van der Waals surface area contributed by atoms with Crippen molar-refractivity contribution in [2.24, 2.45) is 5.73 Å². The van der Waals surface area contributed by atoms with Gasteiger partial charge in [-0.25, -0.2) is 4.98 Å². The minimum Gasteiger partial charge on any atom is -0.381 e. The van der Waals surface area contributed by atoms with Gasteiger partial charge in [0.05, 0.1) is 18.1 Å². The molecule has 6 nitrogen and oxygen atoms in total. The molecule has 1 aromatic carbocycles. The highest BCUT2D eigenvalue weighted by Crippen LogP contribution is 2.33. The minimum absolute atomic E-state index is 0.0839. The zero-order valence-corrected chi connectivity index (χ0v) is 13.7. The molecule has 1 aromatic heterocycles. The molecule has 0 unspecified atom stereocenters. The molecule has 0 aliphatic heterocycles. The highest BCUT2D eigenvalue weighted by atomic mass is 16.5. The highest BCUT2D eigenvalue weighted by Gasteiger charge is 2.47. The van der Waals surface area contributed by atoms with Crippen molar-refractivity contribution in [1.82, 2.24) is 9.55 Å². The molecule has 23 heavy (non-hydrogen) atoms. The molecule has 2 aromatic rings. The van der Waals surface area contributed by atoms with Crippen LogP contribution in [0.2, 0.25) is 0 Å². The molecule has 0 saturated heterocycles. The fourth-order valence-corrected chi connectivity index (χ4v) is 2.82. The van der Waals surface area contributed by atoms with Crippen LogP contribution in [-0.4, -0.2) is 34.2 Å². The summed E-state index contributed by atoms with van der Waals surface area (Å²) in [6, 6.07) is 7.65. The number of imidazole rings is 1. The maximum atomic E-state index is 12.3. The summed E-state index contributed by atoms with van der Waals surface area (Å²) in [5, 5.41) is 2.88. The van der Waals surface area contributed by atoms with Crippen molar-refractivity contribution in [2.45, 2.75) is 38.3 Å². The number of methoxy groups -OCH3 is 1. The van der Waals surface area contributed by atoms with Gasteiger partial charge in [-0.15, -0.1) is 0 Å². The summed E-state index contributed by atoms with van der Waals surface area (Å²) < 4.78 is 7.21. The van der Waals surface area contributed by atoms with E-state index >= 15 is 0 Å². The topological polar surface area (TPSA) is 82.2 Å². The van der Waals surface area contributed by atoms with Crippen LogP contribution in [0.5, 0.6) is 0 Å². The lowest BCUT2D eigenvalue weighted by Crippen LogP contribution is -2.62. The second-order valence-electron chi connectivity index (χ2n) is 6.21. The smallest absolute Gasteiger partial charge is 0.244 e. The van der Waals surface area contributed by atoms with Crippen LogP contribution >= 0.6 is 0 Å². The van der Waals surface area contributed by atoms with Crippen molar-refractivity contribution in [1.29, 1.82) is 0 Å². The number of hydrogen-bond acceptors (Lipinski definition) is 4. The molecule has 1 aliphatic rings. The summed E-state index contributed by atoms with van der Waals surface area (Å²) in [4.78, 5) is 16.6. The summed E-state index contributed by atoms with van der Waals surface area (Å²) in [7, 11) is 1.64. The standard InChI is InChI=1S/C17H22N4O2/c1-11-12(2)21(10-19-11)14-6-4-13(5-7-14)20-16(22)17(18)8-15(9-17)23-3/h4-7,10,15H,8-9,18H2,1-3H3,(H,20,22). The quantitative estimate of drug-likeness (QED) is 0.903. The number of aryl methyl sites for hydroxylation is 1. The van der Waals surface area contributed by atoms with Crippen LogP contribution in [0.3, 0.4) is 0 Å². The van der Waals surface area contributed by atoms with Crippen molar-refractivity contribution < 1.29 is 9.53 Å². The Morgan fingerprint density at radius 1 is 1.35 bits per heavy atom. The second kappa shape index (κ2) is 5.79. The highest BCUT2D eigenvalue weighted by molar-refractivity contribution is 5.98. The molecule has 3 rings (SSSR count). The van der Waals surface area contributed by atoms with Crippen LogP contribution in [0.4, 0.5) is 5.69 Å². The van der Waals surface area contributed by atoms with Crippen LogP contribution < -0.4 is 11.1 Å². The SMILES string of the molecule is COC1CC(N)(C(=O)Nc2ccc(-n3cnc(C)c3C)cc2)C1. The maximum absolute atomic E-state index is 12.3. The lowest BCUT2D eigenvalue weighted by Gasteiger charge is -2.42. The van der Waals surface area contributed by atoms with E-state index in [1.807, 2.05) is 42.7 Å². The third kappa shape index (κ3) is 2.87. The predicted molar refractivity (Wildman–Crippen MR) is 88.6 cm³/mol. The lowest BCUT2D eigenvalue weighted by atomic mass is 9.74. The Kier molecular flexibility index (Phi) is 3.95. The third-order valence-corrected chi connectivity index (χ3v) is 4.62. The number of benzene rings is 1. The van der Waals surface area contributed by atoms with Gasteiger partial charge in [-0.3, -0.25) is 4.79 Å². The Hall–Kier alpha value is -2.18. The van der Waals surface area contributed by atoms with Gasteiger partial charge in [0.1, 0.15) is 5.54 Å². The van der Waals surface area contributed by atoms with Gasteiger partial charge in [0.15, 0.2) is 0 Å². The van der Waals surface area contributed by atoms with E-state index in [0.717, 1.165) is 22.8 Å². The predicted octanol–water partition coefficient (Wildman–Crippen LogP) is 1.93. The molecule has 0 spiro atoms. The number of anilines is 1. The molecule has 6 heteroatoms. The number of carbonyl (C=O) groups excluding carboxylic acids is 1. The fourth-order valence-electron chi connectivity index (χ4n) is 2.82. The molecule has 1 aliphatic carbocycles. The molecular formula is C17H22N4O2. The number of nitrogens with one attached hydrogen (secondary N) is 1. The van der Waals surface area contributed by atoms with E-state index in [9.17, 15) is 4.79 Å². The van der Waals surface area contributed by atoms with Gasteiger partial charge in [0, 0.05) is 37.0 Å². The normalized spacial score (nSPS) is 23.4. The van der Waals surface area contributed by atoms with E-state index in [-0.39, 0.29) is 12.0 Å². The van der Waals surface area contributed by atoms with Crippen LogP contribution in [0.1, 0.15) is 24.2 Å². The summed E-state index contributed by atoms with van der Waals surface area (Å²) in [5.41, 5.74) is 9.12. The molecule has 1 heterocycles. The van der Waals surface area contributed by atoms with E-state index in [1.54, 1.807) is 13.4 Å². The van der Waals surface area contributed by atoms with Crippen LogP contribution in [0.15, 0.2) is 30.6 Å². The van der Waals surface area contributed by atoms with Crippen molar-refractivity contribution in [3.05, 3.63) is 42.0 Å². The molecule has 0 atom stereocenters. The molecule has 1 fully saturated rings. The first-order chi connectivity index (χ1) is 10.9. The third-order valence-electron chi connectivity index (χ3n) is 4.62. The first kappa shape index (κ1) is 15.7.